The summed E-state index contributed by atoms with van der Waals surface area (Å²) in [7, 11) is 0. The lowest BCUT2D eigenvalue weighted by atomic mass is 9.89. The summed E-state index contributed by atoms with van der Waals surface area (Å²) in [6.45, 7) is 6.50. The van der Waals surface area contributed by atoms with Gasteiger partial charge < -0.3 is 14.9 Å². The molecule has 2 aliphatic rings. The molecule has 142 valence electrons. The normalized spacial score (nSPS) is 24.5. The minimum Gasteiger partial charge on any atom is -0.480 e. The number of hydrogen-bond acceptors (Lipinski definition) is 3. The van der Waals surface area contributed by atoms with Crippen molar-refractivity contribution in [2.24, 2.45) is 5.92 Å². The van der Waals surface area contributed by atoms with Crippen LogP contribution in [0.3, 0.4) is 0 Å². The first-order chi connectivity index (χ1) is 12.6. The molecule has 1 aromatic carbocycles. The molecule has 1 aromatic rings. The van der Waals surface area contributed by atoms with Gasteiger partial charge in [0, 0.05) is 39.3 Å². The van der Waals surface area contributed by atoms with E-state index in [9.17, 15) is 14.7 Å². The van der Waals surface area contributed by atoms with Gasteiger partial charge >= 0.3 is 12.0 Å². The lowest BCUT2D eigenvalue weighted by Gasteiger charge is -2.42. The van der Waals surface area contributed by atoms with Gasteiger partial charge in [-0.2, -0.15) is 0 Å². The maximum atomic E-state index is 12.9. The van der Waals surface area contributed by atoms with Crippen molar-refractivity contribution in [3.63, 3.8) is 0 Å². The van der Waals surface area contributed by atoms with E-state index in [2.05, 4.69) is 24.0 Å². The van der Waals surface area contributed by atoms with Crippen LogP contribution in [-0.2, 0) is 11.3 Å². The fraction of sp³-hybridized carbons (Fsp3) is 0.600. The summed E-state index contributed by atoms with van der Waals surface area (Å²) in [6.07, 6.45) is 2.45. The molecule has 2 unspecified atom stereocenters. The molecule has 0 spiro atoms. The van der Waals surface area contributed by atoms with Crippen LogP contribution in [0.4, 0.5) is 4.79 Å². The molecule has 2 saturated heterocycles. The lowest BCUT2D eigenvalue weighted by Crippen LogP contribution is -2.58. The summed E-state index contributed by atoms with van der Waals surface area (Å²) in [6, 6.07) is 9.55. The van der Waals surface area contributed by atoms with E-state index in [4.69, 9.17) is 0 Å². The molecule has 2 atom stereocenters. The van der Waals surface area contributed by atoms with Crippen molar-refractivity contribution in [1.29, 1.82) is 0 Å². The van der Waals surface area contributed by atoms with Crippen molar-refractivity contribution in [3.8, 4) is 0 Å². The van der Waals surface area contributed by atoms with Gasteiger partial charge in [-0.1, -0.05) is 43.7 Å². The smallest absolute Gasteiger partial charge is 0.326 e. The molecule has 2 aliphatic heterocycles. The molecule has 0 saturated carbocycles. The first kappa shape index (κ1) is 18.7. The number of amides is 2. The number of carboxylic acids is 1. The third-order valence-electron chi connectivity index (χ3n) is 5.71. The van der Waals surface area contributed by atoms with Crippen LogP contribution >= 0.6 is 0 Å². The van der Waals surface area contributed by atoms with Crippen molar-refractivity contribution in [2.75, 3.05) is 32.7 Å². The number of benzene rings is 1. The minimum absolute atomic E-state index is 0.105. The molecule has 0 radical (unpaired) electrons. The van der Waals surface area contributed by atoms with E-state index in [1.54, 1.807) is 4.90 Å². The molecule has 3 rings (SSSR count). The Bertz CT molecular complexity index is 614. The standard InChI is InChI=1S/C20H29N3O3/c1-2-16-8-9-23(18(14-16)19(24)25)20(26)22-12-10-21(11-13-22)15-17-6-4-3-5-7-17/h3-7,16,18H,2,8-15H2,1H3,(H,24,25). The molecule has 0 aromatic heterocycles. The Morgan fingerprint density at radius 2 is 1.77 bits per heavy atom. The Labute approximate surface area is 155 Å². The zero-order valence-electron chi connectivity index (χ0n) is 15.5. The van der Waals surface area contributed by atoms with E-state index in [0.29, 0.717) is 32.0 Å². The first-order valence-corrected chi connectivity index (χ1v) is 9.63. The Balaban J connectivity index is 1.55. The van der Waals surface area contributed by atoms with E-state index in [1.165, 1.54) is 5.56 Å². The third kappa shape index (κ3) is 4.36. The number of piperazine rings is 1. The highest BCUT2D eigenvalue weighted by Gasteiger charge is 2.38. The van der Waals surface area contributed by atoms with E-state index in [0.717, 1.165) is 32.5 Å². The van der Waals surface area contributed by atoms with E-state index in [1.807, 2.05) is 23.1 Å². The predicted octanol–water partition coefficient (Wildman–Crippen LogP) is 2.50. The second-order valence-electron chi connectivity index (χ2n) is 7.38. The number of piperidine rings is 1. The number of carbonyl (C=O) groups is 2. The van der Waals surface area contributed by atoms with Crippen LogP contribution in [0, 0.1) is 5.92 Å². The Morgan fingerprint density at radius 1 is 1.08 bits per heavy atom. The van der Waals surface area contributed by atoms with E-state index < -0.39 is 12.0 Å². The average Bonchev–Trinajstić information content (AvgIpc) is 2.68. The summed E-state index contributed by atoms with van der Waals surface area (Å²) >= 11 is 0. The zero-order chi connectivity index (χ0) is 18.5. The number of nitrogens with zero attached hydrogens (tertiary/aromatic N) is 3. The van der Waals surface area contributed by atoms with Crippen LogP contribution in [0.1, 0.15) is 31.7 Å². The Morgan fingerprint density at radius 3 is 2.38 bits per heavy atom. The molecule has 2 heterocycles. The van der Waals surface area contributed by atoms with E-state index in [-0.39, 0.29) is 6.03 Å². The molecule has 2 fully saturated rings. The summed E-state index contributed by atoms with van der Waals surface area (Å²) < 4.78 is 0. The number of carbonyl (C=O) groups excluding carboxylic acids is 1. The third-order valence-corrected chi connectivity index (χ3v) is 5.71. The number of aliphatic carboxylic acids is 1. The van der Waals surface area contributed by atoms with Crippen molar-refractivity contribution in [3.05, 3.63) is 35.9 Å². The monoisotopic (exact) mass is 359 g/mol. The molecular weight excluding hydrogens is 330 g/mol. The largest absolute Gasteiger partial charge is 0.480 e. The van der Waals surface area contributed by atoms with Crippen LogP contribution in [-0.4, -0.2) is 70.6 Å². The van der Waals surface area contributed by atoms with Gasteiger partial charge in [0.05, 0.1) is 0 Å². The first-order valence-electron chi connectivity index (χ1n) is 9.63. The minimum atomic E-state index is -0.876. The number of urea groups is 1. The summed E-state index contributed by atoms with van der Waals surface area (Å²) in [5.41, 5.74) is 1.28. The predicted molar refractivity (Wildman–Crippen MR) is 99.8 cm³/mol. The highest BCUT2D eigenvalue weighted by molar-refractivity contribution is 5.83. The van der Waals surface area contributed by atoms with Crippen molar-refractivity contribution in [1.82, 2.24) is 14.7 Å². The molecule has 1 N–H and O–H groups in total. The highest BCUT2D eigenvalue weighted by Crippen LogP contribution is 2.26. The molecular formula is C20H29N3O3. The van der Waals surface area contributed by atoms with Gasteiger partial charge in [0.15, 0.2) is 0 Å². The van der Waals surface area contributed by atoms with Crippen molar-refractivity contribution < 1.29 is 14.7 Å². The SMILES string of the molecule is CCC1CCN(C(=O)N2CCN(Cc3ccccc3)CC2)C(C(=O)O)C1. The highest BCUT2D eigenvalue weighted by atomic mass is 16.4. The lowest BCUT2D eigenvalue weighted by molar-refractivity contribution is -0.144. The number of likely N-dealkylation sites (tertiary alicyclic amines) is 1. The van der Waals surface area contributed by atoms with Crippen LogP contribution in [0.25, 0.3) is 0 Å². The van der Waals surface area contributed by atoms with Gasteiger partial charge in [0.1, 0.15) is 6.04 Å². The molecule has 0 bridgehead atoms. The van der Waals surface area contributed by atoms with Gasteiger partial charge in [0.2, 0.25) is 0 Å². The second kappa shape index (κ2) is 8.54. The Hall–Kier alpha value is -2.08. The molecule has 6 nitrogen and oxygen atoms in total. The fourth-order valence-electron chi connectivity index (χ4n) is 3.99. The van der Waals surface area contributed by atoms with E-state index >= 15 is 0 Å². The Kier molecular flexibility index (Phi) is 6.14. The number of rotatable bonds is 4. The second-order valence-corrected chi connectivity index (χ2v) is 7.38. The van der Waals surface area contributed by atoms with Gasteiger partial charge in [-0.3, -0.25) is 4.90 Å². The van der Waals surface area contributed by atoms with Gasteiger partial charge in [-0.25, -0.2) is 9.59 Å². The van der Waals surface area contributed by atoms with Crippen LogP contribution < -0.4 is 0 Å². The molecule has 6 heteroatoms. The maximum Gasteiger partial charge on any atom is 0.326 e. The molecule has 26 heavy (non-hydrogen) atoms. The number of carboxylic acid groups (broad SMARTS) is 1. The fourth-order valence-corrected chi connectivity index (χ4v) is 3.99. The van der Waals surface area contributed by atoms with Gasteiger partial charge in [-0.05, 0) is 24.3 Å². The quantitative estimate of drug-likeness (QED) is 0.897. The van der Waals surface area contributed by atoms with Gasteiger partial charge in [0.25, 0.3) is 0 Å². The molecule has 2 amide bonds. The van der Waals surface area contributed by atoms with Crippen LogP contribution in [0.15, 0.2) is 30.3 Å². The van der Waals surface area contributed by atoms with Gasteiger partial charge in [-0.15, -0.1) is 0 Å². The topological polar surface area (TPSA) is 64.1 Å². The number of hydrogen-bond donors (Lipinski definition) is 1. The van der Waals surface area contributed by atoms with Crippen LogP contribution in [0.5, 0.6) is 0 Å². The van der Waals surface area contributed by atoms with Crippen molar-refractivity contribution >= 4 is 12.0 Å². The molecule has 0 aliphatic carbocycles. The average molecular weight is 359 g/mol. The van der Waals surface area contributed by atoms with Crippen LogP contribution in [0.2, 0.25) is 0 Å². The van der Waals surface area contributed by atoms with Crippen molar-refractivity contribution in [2.45, 2.75) is 38.8 Å². The summed E-state index contributed by atoms with van der Waals surface area (Å²) in [4.78, 5) is 30.3. The maximum absolute atomic E-state index is 12.9. The zero-order valence-corrected chi connectivity index (χ0v) is 15.5. The summed E-state index contributed by atoms with van der Waals surface area (Å²) in [5.74, 6) is -0.470. The summed E-state index contributed by atoms with van der Waals surface area (Å²) in [5, 5.41) is 9.55.